The first-order chi connectivity index (χ1) is 10.3. The molecule has 6 heteroatoms. The molecule has 0 spiro atoms. The summed E-state index contributed by atoms with van der Waals surface area (Å²) < 4.78 is 5.32. The summed E-state index contributed by atoms with van der Waals surface area (Å²) in [5.74, 6) is 1.49. The third-order valence-electron chi connectivity index (χ3n) is 3.18. The molecule has 1 aromatic heterocycles. The van der Waals surface area contributed by atoms with E-state index in [1.165, 1.54) is 4.88 Å². The standard InChI is InChI=1S/C16H29N3OS.HI/c1-4-20-10-6-5-9-18-16(17-3)19-13-14(2)12-15-8-7-11-21-15;/h7-8,11,14H,4-6,9-10,12-13H2,1-3H3,(H2,17,18,19);1H. The number of thiophene rings is 1. The highest BCUT2D eigenvalue weighted by atomic mass is 127. The second-order valence-electron chi connectivity index (χ2n) is 5.17. The summed E-state index contributed by atoms with van der Waals surface area (Å²) >= 11 is 1.83. The van der Waals surface area contributed by atoms with Crippen molar-refractivity contribution in [2.24, 2.45) is 10.9 Å². The summed E-state index contributed by atoms with van der Waals surface area (Å²) in [5, 5.41) is 8.88. The largest absolute Gasteiger partial charge is 0.382 e. The smallest absolute Gasteiger partial charge is 0.190 e. The zero-order valence-electron chi connectivity index (χ0n) is 13.9. The number of halogens is 1. The Morgan fingerprint density at radius 3 is 2.82 bits per heavy atom. The Bertz CT molecular complexity index is 385. The number of hydrogen-bond donors (Lipinski definition) is 2. The van der Waals surface area contributed by atoms with E-state index in [4.69, 9.17) is 4.74 Å². The zero-order chi connectivity index (χ0) is 15.3. The second-order valence-corrected chi connectivity index (χ2v) is 6.20. The van der Waals surface area contributed by atoms with Gasteiger partial charge in [-0.3, -0.25) is 4.99 Å². The van der Waals surface area contributed by atoms with Gasteiger partial charge in [0, 0.05) is 38.2 Å². The number of nitrogens with zero attached hydrogens (tertiary/aromatic N) is 1. The van der Waals surface area contributed by atoms with E-state index >= 15 is 0 Å². The maximum Gasteiger partial charge on any atom is 0.190 e. The van der Waals surface area contributed by atoms with Gasteiger partial charge in [-0.1, -0.05) is 13.0 Å². The van der Waals surface area contributed by atoms with Crippen LogP contribution < -0.4 is 10.6 Å². The molecule has 1 atom stereocenters. The topological polar surface area (TPSA) is 45.6 Å². The fraction of sp³-hybridized carbons (Fsp3) is 0.688. The van der Waals surface area contributed by atoms with Crippen LogP contribution in [0.15, 0.2) is 22.5 Å². The van der Waals surface area contributed by atoms with E-state index < -0.39 is 0 Å². The minimum Gasteiger partial charge on any atom is -0.382 e. The average Bonchev–Trinajstić information content (AvgIpc) is 2.98. The molecule has 1 unspecified atom stereocenters. The van der Waals surface area contributed by atoms with Gasteiger partial charge in [0.2, 0.25) is 0 Å². The van der Waals surface area contributed by atoms with Gasteiger partial charge in [-0.15, -0.1) is 35.3 Å². The van der Waals surface area contributed by atoms with Crippen LogP contribution in [0, 0.1) is 5.92 Å². The van der Waals surface area contributed by atoms with E-state index in [0.29, 0.717) is 5.92 Å². The van der Waals surface area contributed by atoms with Gasteiger partial charge in [0.15, 0.2) is 5.96 Å². The Hall–Kier alpha value is -0.340. The molecule has 0 bridgehead atoms. The van der Waals surface area contributed by atoms with E-state index in [2.05, 4.69) is 40.1 Å². The molecule has 0 aliphatic rings. The van der Waals surface area contributed by atoms with Crippen molar-refractivity contribution in [1.29, 1.82) is 0 Å². The van der Waals surface area contributed by atoms with Gasteiger partial charge in [0.25, 0.3) is 0 Å². The Labute approximate surface area is 156 Å². The molecule has 0 aliphatic heterocycles. The van der Waals surface area contributed by atoms with Gasteiger partial charge in [-0.05, 0) is 43.6 Å². The van der Waals surface area contributed by atoms with Gasteiger partial charge < -0.3 is 15.4 Å². The monoisotopic (exact) mass is 439 g/mol. The summed E-state index contributed by atoms with van der Waals surface area (Å²) in [6.07, 6.45) is 3.31. The number of nitrogens with one attached hydrogen (secondary N) is 2. The molecule has 1 rings (SSSR count). The highest BCUT2D eigenvalue weighted by molar-refractivity contribution is 14.0. The quantitative estimate of drug-likeness (QED) is 0.254. The minimum absolute atomic E-state index is 0. The van der Waals surface area contributed by atoms with Crippen LogP contribution in [0.2, 0.25) is 0 Å². The first kappa shape index (κ1) is 21.7. The lowest BCUT2D eigenvalue weighted by Crippen LogP contribution is -2.40. The van der Waals surface area contributed by atoms with E-state index in [1.807, 2.05) is 25.3 Å². The van der Waals surface area contributed by atoms with Gasteiger partial charge in [0.05, 0.1) is 0 Å². The Kier molecular flexibility index (Phi) is 14.0. The maximum absolute atomic E-state index is 5.32. The van der Waals surface area contributed by atoms with E-state index in [1.54, 1.807) is 0 Å². The SMILES string of the molecule is CCOCCCCNC(=NC)NCC(C)Cc1cccs1.I. The van der Waals surface area contributed by atoms with Crippen molar-refractivity contribution in [3.05, 3.63) is 22.4 Å². The Balaban J connectivity index is 0.00000441. The Morgan fingerprint density at radius 1 is 1.36 bits per heavy atom. The fourth-order valence-electron chi connectivity index (χ4n) is 2.02. The predicted octanol–water partition coefficient (Wildman–Crippen LogP) is 3.53. The molecule has 0 radical (unpaired) electrons. The lowest BCUT2D eigenvalue weighted by Gasteiger charge is -2.15. The van der Waals surface area contributed by atoms with Crippen molar-refractivity contribution in [1.82, 2.24) is 10.6 Å². The maximum atomic E-state index is 5.32. The van der Waals surface area contributed by atoms with E-state index in [0.717, 1.165) is 51.5 Å². The molecule has 0 amide bonds. The summed E-state index contributed by atoms with van der Waals surface area (Å²) in [5.41, 5.74) is 0. The number of rotatable bonds is 10. The molecule has 4 nitrogen and oxygen atoms in total. The van der Waals surface area contributed by atoms with E-state index in [9.17, 15) is 0 Å². The van der Waals surface area contributed by atoms with Crippen molar-refractivity contribution < 1.29 is 4.74 Å². The molecule has 0 saturated carbocycles. The minimum atomic E-state index is 0. The molecule has 1 aromatic rings. The van der Waals surface area contributed by atoms with Gasteiger partial charge in [-0.25, -0.2) is 0 Å². The van der Waals surface area contributed by atoms with Crippen molar-refractivity contribution in [3.8, 4) is 0 Å². The van der Waals surface area contributed by atoms with Crippen molar-refractivity contribution in [2.45, 2.75) is 33.1 Å². The lowest BCUT2D eigenvalue weighted by molar-refractivity contribution is 0.143. The normalized spacial score (nSPS) is 12.6. The van der Waals surface area contributed by atoms with Crippen molar-refractivity contribution >= 4 is 41.3 Å². The molecule has 1 heterocycles. The van der Waals surface area contributed by atoms with Crippen molar-refractivity contribution in [3.63, 3.8) is 0 Å². The third kappa shape index (κ3) is 10.4. The lowest BCUT2D eigenvalue weighted by atomic mass is 10.1. The molecule has 22 heavy (non-hydrogen) atoms. The van der Waals surface area contributed by atoms with Crippen LogP contribution in [0.3, 0.4) is 0 Å². The summed E-state index contributed by atoms with van der Waals surface area (Å²) in [6.45, 7) is 7.83. The van der Waals surface area contributed by atoms with E-state index in [-0.39, 0.29) is 24.0 Å². The zero-order valence-corrected chi connectivity index (χ0v) is 17.1. The average molecular weight is 439 g/mol. The molecule has 128 valence electrons. The number of unbranched alkanes of at least 4 members (excludes halogenated alkanes) is 1. The van der Waals surface area contributed by atoms with Crippen LogP contribution in [-0.2, 0) is 11.2 Å². The van der Waals surface area contributed by atoms with Gasteiger partial charge in [-0.2, -0.15) is 0 Å². The summed E-state index contributed by atoms with van der Waals surface area (Å²) in [7, 11) is 1.82. The Morgan fingerprint density at radius 2 is 2.18 bits per heavy atom. The van der Waals surface area contributed by atoms with Crippen LogP contribution in [0.5, 0.6) is 0 Å². The van der Waals surface area contributed by atoms with Crippen LogP contribution >= 0.6 is 35.3 Å². The highest BCUT2D eigenvalue weighted by Gasteiger charge is 2.05. The summed E-state index contributed by atoms with van der Waals surface area (Å²) in [4.78, 5) is 5.70. The number of aliphatic imine (C=N–C) groups is 1. The number of guanidine groups is 1. The van der Waals surface area contributed by atoms with Crippen LogP contribution in [0.1, 0.15) is 31.6 Å². The molecular weight excluding hydrogens is 409 g/mol. The molecule has 0 aromatic carbocycles. The van der Waals surface area contributed by atoms with Gasteiger partial charge >= 0.3 is 0 Å². The highest BCUT2D eigenvalue weighted by Crippen LogP contribution is 2.13. The number of hydrogen-bond acceptors (Lipinski definition) is 3. The molecule has 2 N–H and O–H groups in total. The van der Waals surface area contributed by atoms with Crippen molar-refractivity contribution in [2.75, 3.05) is 33.4 Å². The predicted molar refractivity (Wildman–Crippen MR) is 108 cm³/mol. The summed E-state index contributed by atoms with van der Waals surface area (Å²) in [6, 6.07) is 4.31. The number of ether oxygens (including phenoxy) is 1. The third-order valence-corrected chi connectivity index (χ3v) is 4.08. The second kappa shape index (κ2) is 14.3. The molecular formula is C16H30IN3OS. The molecule has 0 aliphatic carbocycles. The van der Waals surface area contributed by atoms with Gasteiger partial charge in [0.1, 0.15) is 0 Å². The van der Waals surface area contributed by atoms with Crippen LogP contribution in [0.25, 0.3) is 0 Å². The first-order valence-electron chi connectivity index (χ1n) is 7.80. The fourth-order valence-corrected chi connectivity index (χ4v) is 2.89. The molecule has 0 fully saturated rings. The van der Waals surface area contributed by atoms with Crippen LogP contribution in [0.4, 0.5) is 0 Å². The molecule has 0 saturated heterocycles. The van der Waals surface area contributed by atoms with Crippen LogP contribution in [-0.4, -0.2) is 39.3 Å². The first-order valence-corrected chi connectivity index (χ1v) is 8.68.